The first kappa shape index (κ1) is 15.8. The molecule has 0 radical (unpaired) electrons. The van der Waals surface area contributed by atoms with E-state index in [4.69, 9.17) is 4.74 Å². The molecule has 116 valence electrons. The van der Waals surface area contributed by atoms with Crippen LogP contribution >= 0.6 is 0 Å². The molecule has 4 nitrogen and oxygen atoms in total. The van der Waals surface area contributed by atoms with E-state index in [1.165, 1.54) is 25.7 Å². The summed E-state index contributed by atoms with van der Waals surface area (Å²) in [6.45, 7) is 5.76. The minimum Gasteiger partial charge on any atom is -0.465 e. The van der Waals surface area contributed by atoms with Crippen LogP contribution in [0.5, 0.6) is 0 Å². The van der Waals surface area contributed by atoms with Gasteiger partial charge in [-0.1, -0.05) is 6.92 Å². The van der Waals surface area contributed by atoms with Gasteiger partial charge in [0, 0.05) is 12.1 Å². The molecule has 0 aliphatic heterocycles. The van der Waals surface area contributed by atoms with Crippen molar-refractivity contribution in [1.82, 2.24) is 10.2 Å². The van der Waals surface area contributed by atoms with Crippen molar-refractivity contribution in [3.63, 3.8) is 0 Å². The Morgan fingerprint density at radius 2 is 2.05 bits per heavy atom. The second kappa shape index (κ2) is 6.90. The quantitative estimate of drug-likeness (QED) is 0.728. The molecule has 20 heavy (non-hydrogen) atoms. The van der Waals surface area contributed by atoms with E-state index in [1.54, 1.807) is 0 Å². The number of carbonyl (C=O) groups is 1. The summed E-state index contributed by atoms with van der Waals surface area (Å²) in [7, 11) is 1.90. The molecule has 0 saturated heterocycles. The number of likely N-dealkylation sites (N-methyl/N-ethyl adjacent to an activating group) is 1. The maximum absolute atomic E-state index is 12.4. The zero-order valence-corrected chi connectivity index (χ0v) is 13.3. The maximum Gasteiger partial charge on any atom is 0.326 e. The van der Waals surface area contributed by atoms with Crippen LogP contribution < -0.4 is 5.32 Å². The van der Waals surface area contributed by atoms with Gasteiger partial charge in [-0.15, -0.1) is 0 Å². The summed E-state index contributed by atoms with van der Waals surface area (Å²) >= 11 is 0. The topological polar surface area (TPSA) is 41.6 Å². The molecule has 0 aromatic rings. The van der Waals surface area contributed by atoms with Gasteiger partial charge >= 0.3 is 5.97 Å². The fourth-order valence-electron chi connectivity index (χ4n) is 3.64. The van der Waals surface area contributed by atoms with E-state index in [1.807, 2.05) is 14.0 Å². The highest BCUT2D eigenvalue weighted by molar-refractivity contribution is 5.81. The van der Waals surface area contributed by atoms with Crippen LogP contribution in [0.15, 0.2) is 0 Å². The summed E-state index contributed by atoms with van der Waals surface area (Å²) in [6, 6.07) is 1.31. The molecule has 2 aliphatic carbocycles. The predicted molar refractivity (Wildman–Crippen MR) is 80.7 cm³/mol. The summed E-state index contributed by atoms with van der Waals surface area (Å²) in [4.78, 5) is 15.0. The normalized spacial score (nSPS) is 30.5. The van der Waals surface area contributed by atoms with Gasteiger partial charge in [0.2, 0.25) is 0 Å². The molecule has 0 heterocycles. The van der Waals surface area contributed by atoms with Crippen LogP contribution in [0.25, 0.3) is 0 Å². The van der Waals surface area contributed by atoms with Crippen molar-refractivity contribution >= 4 is 5.97 Å². The third-order valence-corrected chi connectivity index (χ3v) is 4.84. The largest absolute Gasteiger partial charge is 0.465 e. The first-order valence-electron chi connectivity index (χ1n) is 8.28. The average Bonchev–Trinajstić information content (AvgIpc) is 3.29. The summed E-state index contributed by atoms with van der Waals surface area (Å²) < 4.78 is 5.32. The van der Waals surface area contributed by atoms with E-state index in [0.717, 1.165) is 31.8 Å². The van der Waals surface area contributed by atoms with Crippen molar-refractivity contribution in [2.24, 2.45) is 0 Å². The number of ether oxygens (including phenoxy) is 1. The van der Waals surface area contributed by atoms with Gasteiger partial charge < -0.3 is 10.1 Å². The van der Waals surface area contributed by atoms with Crippen molar-refractivity contribution in [2.45, 2.75) is 76.4 Å². The van der Waals surface area contributed by atoms with Gasteiger partial charge in [-0.05, 0) is 65.5 Å². The first-order valence-corrected chi connectivity index (χ1v) is 8.28. The second-order valence-electron chi connectivity index (χ2n) is 6.27. The molecule has 2 rings (SSSR count). The average molecular weight is 282 g/mol. The van der Waals surface area contributed by atoms with Gasteiger partial charge in [0.1, 0.15) is 5.54 Å². The van der Waals surface area contributed by atoms with Crippen LogP contribution in [-0.4, -0.2) is 48.7 Å². The van der Waals surface area contributed by atoms with Crippen molar-refractivity contribution < 1.29 is 9.53 Å². The van der Waals surface area contributed by atoms with Crippen molar-refractivity contribution in [1.29, 1.82) is 0 Å². The lowest BCUT2D eigenvalue weighted by atomic mass is 9.78. The Kier molecular flexibility index (Phi) is 5.44. The first-order chi connectivity index (χ1) is 9.66. The number of rotatable bonds is 7. The van der Waals surface area contributed by atoms with Crippen LogP contribution in [-0.2, 0) is 9.53 Å². The third kappa shape index (κ3) is 3.34. The standard InChI is InChI=1S/C16H30N2O2/c1-4-11-18(13-8-9-13)14-7-6-10-16(12-14,17-3)15(19)20-5-2/h13-14,17H,4-12H2,1-3H3. The van der Waals surface area contributed by atoms with E-state index < -0.39 is 5.54 Å². The fourth-order valence-corrected chi connectivity index (χ4v) is 3.64. The van der Waals surface area contributed by atoms with E-state index >= 15 is 0 Å². The molecule has 0 aromatic carbocycles. The highest BCUT2D eigenvalue weighted by atomic mass is 16.5. The summed E-state index contributed by atoms with van der Waals surface area (Å²) in [5, 5.41) is 3.29. The SMILES string of the molecule is CCCN(C1CC1)C1CCCC(NC)(C(=O)OCC)C1. The highest BCUT2D eigenvalue weighted by Crippen LogP contribution is 2.37. The molecule has 2 fully saturated rings. The van der Waals surface area contributed by atoms with Gasteiger partial charge in [-0.25, -0.2) is 0 Å². The molecular weight excluding hydrogens is 252 g/mol. The Morgan fingerprint density at radius 3 is 2.60 bits per heavy atom. The zero-order chi connectivity index (χ0) is 14.6. The number of esters is 1. The van der Waals surface area contributed by atoms with Crippen molar-refractivity contribution in [3.8, 4) is 0 Å². The van der Waals surface area contributed by atoms with Crippen LogP contribution in [0, 0.1) is 0 Å². The van der Waals surface area contributed by atoms with Crippen LogP contribution in [0.2, 0.25) is 0 Å². The van der Waals surface area contributed by atoms with Gasteiger partial charge in [-0.2, -0.15) is 0 Å². The van der Waals surface area contributed by atoms with E-state index in [-0.39, 0.29) is 5.97 Å². The molecule has 2 aliphatic rings. The summed E-state index contributed by atoms with van der Waals surface area (Å²) in [5.41, 5.74) is -0.459. The lowest BCUT2D eigenvalue weighted by Gasteiger charge is -2.43. The Morgan fingerprint density at radius 1 is 1.30 bits per heavy atom. The molecule has 2 unspecified atom stereocenters. The van der Waals surface area contributed by atoms with E-state index in [2.05, 4.69) is 17.1 Å². The van der Waals surface area contributed by atoms with Gasteiger partial charge in [-0.3, -0.25) is 9.69 Å². The van der Waals surface area contributed by atoms with Crippen molar-refractivity contribution in [3.05, 3.63) is 0 Å². The van der Waals surface area contributed by atoms with Gasteiger partial charge in [0.25, 0.3) is 0 Å². The molecule has 0 aromatic heterocycles. The summed E-state index contributed by atoms with van der Waals surface area (Å²) in [6.07, 6.45) is 8.00. The fraction of sp³-hybridized carbons (Fsp3) is 0.938. The monoisotopic (exact) mass is 282 g/mol. The van der Waals surface area contributed by atoms with E-state index in [0.29, 0.717) is 12.6 Å². The third-order valence-electron chi connectivity index (χ3n) is 4.84. The Balaban J connectivity index is 2.06. The van der Waals surface area contributed by atoms with Crippen LogP contribution in [0.3, 0.4) is 0 Å². The molecule has 1 N–H and O–H groups in total. The number of carbonyl (C=O) groups excluding carboxylic acids is 1. The molecule has 0 bridgehead atoms. The van der Waals surface area contributed by atoms with Crippen LogP contribution in [0.1, 0.15) is 58.8 Å². The smallest absolute Gasteiger partial charge is 0.326 e. The molecular formula is C16H30N2O2. The lowest BCUT2D eigenvalue weighted by molar-refractivity contribution is -0.153. The Bertz CT molecular complexity index is 330. The van der Waals surface area contributed by atoms with E-state index in [9.17, 15) is 4.79 Å². The molecule has 0 amide bonds. The zero-order valence-electron chi connectivity index (χ0n) is 13.3. The minimum atomic E-state index is -0.459. The maximum atomic E-state index is 12.4. The second-order valence-corrected chi connectivity index (χ2v) is 6.27. The number of hydrogen-bond acceptors (Lipinski definition) is 4. The van der Waals surface area contributed by atoms with Crippen molar-refractivity contribution in [2.75, 3.05) is 20.2 Å². The number of hydrogen-bond donors (Lipinski definition) is 1. The lowest BCUT2D eigenvalue weighted by Crippen LogP contribution is -2.58. The highest BCUT2D eigenvalue weighted by Gasteiger charge is 2.46. The Hall–Kier alpha value is -0.610. The molecule has 2 saturated carbocycles. The molecule has 0 spiro atoms. The minimum absolute atomic E-state index is 0.0561. The molecule has 4 heteroatoms. The van der Waals surface area contributed by atoms with Crippen LogP contribution in [0.4, 0.5) is 0 Å². The Labute approximate surface area is 123 Å². The summed E-state index contributed by atoms with van der Waals surface area (Å²) in [5.74, 6) is -0.0561. The predicted octanol–water partition coefficient (Wildman–Crippen LogP) is 2.32. The number of nitrogens with one attached hydrogen (secondary N) is 1. The van der Waals surface area contributed by atoms with Gasteiger partial charge in [0.15, 0.2) is 0 Å². The number of nitrogens with zero attached hydrogens (tertiary/aromatic N) is 1. The van der Waals surface area contributed by atoms with Gasteiger partial charge in [0.05, 0.1) is 6.61 Å². The molecule has 2 atom stereocenters.